The molecule has 0 aliphatic heterocycles. The molecule has 3 aromatic rings. The van der Waals surface area contributed by atoms with E-state index >= 15 is 0 Å². The summed E-state index contributed by atoms with van der Waals surface area (Å²) in [6.45, 7) is 5.93. The zero-order valence-electron chi connectivity index (χ0n) is 14.1. The number of aromatic hydroxyl groups is 1. The van der Waals surface area contributed by atoms with Gasteiger partial charge in [0.1, 0.15) is 10.6 Å². The van der Waals surface area contributed by atoms with Crippen LogP contribution in [0.1, 0.15) is 4.88 Å². The smallest absolute Gasteiger partial charge is 0.263 e. The summed E-state index contributed by atoms with van der Waals surface area (Å²) in [5.41, 5.74) is 0.210. The Labute approximate surface area is 158 Å². The number of anilines is 1. The molecule has 0 spiro atoms. The fourth-order valence-electron chi connectivity index (χ4n) is 2.41. The number of hydrogen-bond acceptors (Lipinski definition) is 6. The predicted molar refractivity (Wildman–Crippen MR) is 106 cm³/mol. The number of carbonyl (C=O) groups is 1. The summed E-state index contributed by atoms with van der Waals surface area (Å²) in [5.74, 6) is -0.227. The molecule has 2 aromatic heterocycles. The minimum atomic E-state index is -0.293. The third-order valence-electron chi connectivity index (χ3n) is 3.56. The van der Waals surface area contributed by atoms with E-state index in [4.69, 9.17) is 0 Å². The number of carbonyl (C=O) groups excluding carboxylic acids is 1. The summed E-state index contributed by atoms with van der Waals surface area (Å²) in [6, 6.07) is 8.34. The Hall–Kier alpha value is -2.58. The van der Waals surface area contributed by atoms with Crippen molar-refractivity contribution in [1.82, 2.24) is 9.55 Å². The Balaban J connectivity index is 1.82. The van der Waals surface area contributed by atoms with E-state index < -0.39 is 0 Å². The zero-order chi connectivity index (χ0) is 18.7. The minimum Gasteiger partial charge on any atom is -0.506 e. The highest BCUT2D eigenvalue weighted by atomic mass is 32.2. The zero-order valence-corrected chi connectivity index (χ0v) is 15.7. The topological polar surface area (TPSA) is 84.2 Å². The van der Waals surface area contributed by atoms with Gasteiger partial charge < -0.3 is 10.4 Å². The number of para-hydroxylation sites is 2. The van der Waals surface area contributed by atoms with Gasteiger partial charge in [0.15, 0.2) is 5.16 Å². The molecule has 0 saturated carbocycles. The van der Waals surface area contributed by atoms with Crippen LogP contribution in [0.15, 0.2) is 52.9 Å². The molecule has 6 nitrogen and oxygen atoms in total. The number of allylic oxidation sites excluding steroid dienone is 1. The lowest BCUT2D eigenvalue weighted by atomic mass is 10.3. The van der Waals surface area contributed by atoms with Crippen LogP contribution in [0, 0.1) is 6.92 Å². The Morgan fingerprint density at radius 3 is 2.96 bits per heavy atom. The molecular weight excluding hydrogens is 370 g/mol. The number of nitrogens with zero attached hydrogens (tertiary/aromatic N) is 2. The average Bonchev–Trinajstić information content (AvgIpc) is 2.99. The van der Waals surface area contributed by atoms with Gasteiger partial charge in [-0.05, 0) is 25.1 Å². The van der Waals surface area contributed by atoms with Gasteiger partial charge in [-0.1, -0.05) is 30.0 Å². The van der Waals surface area contributed by atoms with Crippen LogP contribution in [0.25, 0.3) is 10.2 Å². The molecule has 3 rings (SSSR count). The highest BCUT2D eigenvalue weighted by molar-refractivity contribution is 7.99. The lowest BCUT2D eigenvalue weighted by Gasteiger charge is -2.10. The standard InChI is InChI=1S/C18H17N3O3S2/c1-3-8-21-17(24)12-9-11(2)26-16(12)20-18(21)25-10-15(23)19-13-6-4-5-7-14(13)22/h3-7,9,22H,1,8,10H2,2H3,(H,19,23). The van der Waals surface area contributed by atoms with E-state index in [9.17, 15) is 14.7 Å². The number of amides is 1. The lowest BCUT2D eigenvalue weighted by Crippen LogP contribution is -2.23. The Kier molecular flexibility index (Phi) is 5.43. The largest absolute Gasteiger partial charge is 0.506 e. The van der Waals surface area contributed by atoms with Crippen molar-refractivity contribution >= 4 is 44.9 Å². The van der Waals surface area contributed by atoms with E-state index in [-0.39, 0.29) is 23.0 Å². The number of aryl methyl sites for hydroxylation is 1. The van der Waals surface area contributed by atoms with Crippen LogP contribution >= 0.6 is 23.1 Å². The maximum Gasteiger partial charge on any atom is 0.263 e. The number of thiophene rings is 1. The minimum absolute atomic E-state index is 0.00280. The Bertz CT molecular complexity index is 1040. The van der Waals surface area contributed by atoms with Crippen LogP contribution in [-0.2, 0) is 11.3 Å². The average molecular weight is 387 g/mol. The first-order valence-corrected chi connectivity index (χ1v) is 9.62. The van der Waals surface area contributed by atoms with Crippen molar-refractivity contribution in [3.05, 3.63) is 58.2 Å². The molecule has 0 radical (unpaired) electrons. The molecule has 0 unspecified atom stereocenters. The van der Waals surface area contributed by atoms with E-state index in [0.717, 1.165) is 4.88 Å². The van der Waals surface area contributed by atoms with E-state index in [1.165, 1.54) is 33.7 Å². The number of fused-ring (bicyclic) bond motifs is 1. The van der Waals surface area contributed by atoms with Gasteiger partial charge in [0.25, 0.3) is 5.56 Å². The first-order valence-electron chi connectivity index (χ1n) is 7.82. The van der Waals surface area contributed by atoms with Gasteiger partial charge in [-0.25, -0.2) is 4.98 Å². The predicted octanol–water partition coefficient (Wildman–Crippen LogP) is 3.39. The van der Waals surface area contributed by atoms with Crippen LogP contribution in [-0.4, -0.2) is 26.3 Å². The third kappa shape index (κ3) is 3.81. The Morgan fingerprint density at radius 2 is 2.23 bits per heavy atom. The molecule has 1 amide bonds. The summed E-state index contributed by atoms with van der Waals surface area (Å²) in [5, 5.41) is 13.4. The summed E-state index contributed by atoms with van der Waals surface area (Å²) in [7, 11) is 0. The summed E-state index contributed by atoms with van der Waals surface area (Å²) in [4.78, 5) is 31.1. The van der Waals surface area contributed by atoms with Crippen molar-refractivity contribution < 1.29 is 9.90 Å². The normalized spacial score (nSPS) is 10.8. The van der Waals surface area contributed by atoms with Gasteiger partial charge in [-0.2, -0.15) is 0 Å². The number of aromatic nitrogens is 2. The van der Waals surface area contributed by atoms with E-state index in [0.29, 0.717) is 27.6 Å². The summed E-state index contributed by atoms with van der Waals surface area (Å²) < 4.78 is 1.51. The molecule has 0 aliphatic carbocycles. The van der Waals surface area contributed by atoms with Crippen LogP contribution in [0.3, 0.4) is 0 Å². The molecule has 0 fully saturated rings. The van der Waals surface area contributed by atoms with Crippen LogP contribution in [0.4, 0.5) is 5.69 Å². The van der Waals surface area contributed by atoms with Gasteiger partial charge in [0.05, 0.1) is 16.8 Å². The third-order valence-corrected chi connectivity index (χ3v) is 5.48. The monoisotopic (exact) mass is 387 g/mol. The molecule has 0 saturated heterocycles. The first-order chi connectivity index (χ1) is 12.5. The van der Waals surface area contributed by atoms with Crippen LogP contribution in [0.2, 0.25) is 0 Å². The number of benzene rings is 1. The SMILES string of the molecule is C=CCn1c(SCC(=O)Nc2ccccc2O)nc2sc(C)cc2c1=O. The second-order valence-corrected chi connectivity index (χ2v) is 7.71. The molecule has 0 aliphatic rings. The van der Waals surface area contributed by atoms with Crippen molar-refractivity contribution in [2.75, 3.05) is 11.1 Å². The number of phenols is 1. The number of rotatable bonds is 6. The molecule has 134 valence electrons. The van der Waals surface area contributed by atoms with E-state index in [2.05, 4.69) is 16.9 Å². The number of nitrogens with one attached hydrogen (secondary N) is 1. The molecule has 2 N–H and O–H groups in total. The van der Waals surface area contributed by atoms with Gasteiger partial charge in [-0.15, -0.1) is 17.9 Å². The first kappa shape index (κ1) is 18.2. The van der Waals surface area contributed by atoms with Crippen molar-refractivity contribution in [2.45, 2.75) is 18.6 Å². The molecule has 2 heterocycles. The summed E-state index contributed by atoms with van der Waals surface area (Å²) >= 11 is 2.62. The maximum absolute atomic E-state index is 12.7. The molecule has 0 atom stereocenters. The molecule has 1 aromatic carbocycles. The van der Waals surface area contributed by atoms with E-state index in [1.807, 2.05) is 13.0 Å². The highest BCUT2D eigenvalue weighted by Crippen LogP contribution is 2.25. The van der Waals surface area contributed by atoms with Crippen LogP contribution in [0.5, 0.6) is 5.75 Å². The number of thioether (sulfide) groups is 1. The summed E-state index contributed by atoms with van der Waals surface area (Å²) in [6.07, 6.45) is 1.63. The van der Waals surface area contributed by atoms with Crippen molar-refractivity contribution in [3.63, 3.8) is 0 Å². The second kappa shape index (κ2) is 7.76. The van der Waals surface area contributed by atoms with Gasteiger partial charge in [-0.3, -0.25) is 14.2 Å². The van der Waals surface area contributed by atoms with Crippen molar-refractivity contribution in [3.8, 4) is 5.75 Å². The molecule has 0 bridgehead atoms. The van der Waals surface area contributed by atoms with E-state index in [1.54, 1.807) is 24.3 Å². The van der Waals surface area contributed by atoms with Crippen LogP contribution < -0.4 is 10.9 Å². The number of phenolic OH excluding ortho intramolecular Hbond substituents is 1. The highest BCUT2D eigenvalue weighted by Gasteiger charge is 2.15. The van der Waals surface area contributed by atoms with Crippen molar-refractivity contribution in [1.29, 1.82) is 0 Å². The van der Waals surface area contributed by atoms with Gasteiger partial charge in [0, 0.05) is 11.4 Å². The Morgan fingerprint density at radius 1 is 1.46 bits per heavy atom. The molecular formula is C18H17N3O3S2. The molecule has 26 heavy (non-hydrogen) atoms. The van der Waals surface area contributed by atoms with Gasteiger partial charge >= 0.3 is 0 Å². The molecule has 8 heteroatoms. The van der Waals surface area contributed by atoms with Crippen molar-refractivity contribution in [2.24, 2.45) is 0 Å². The fraction of sp³-hybridized carbons (Fsp3) is 0.167. The lowest BCUT2D eigenvalue weighted by molar-refractivity contribution is -0.113. The maximum atomic E-state index is 12.7. The number of hydrogen-bond donors (Lipinski definition) is 2. The van der Waals surface area contributed by atoms with Gasteiger partial charge in [0.2, 0.25) is 5.91 Å². The quantitative estimate of drug-likeness (QED) is 0.293. The fourth-order valence-corrected chi connectivity index (χ4v) is 4.14. The second-order valence-electron chi connectivity index (χ2n) is 5.53.